The first-order valence-corrected chi connectivity index (χ1v) is 15.7. The number of carboxylic acids is 1. The molecule has 9 N–H and O–H groups in total. The van der Waals surface area contributed by atoms with E-state index in [9.17, 15) is 57.2 Å². The van der Waals surface area contributed by atoms with Crippen molar-refractivity contribution in [3.63, 3.8) is 0 Å². The van der Waals surface area contributed by atoms with Crippen molar-refractivity contribution in [2.24, 2.45) is 5.16 Å². The molecule has 4 amide bonds. The largest absolute Gasteiger partial charge is 0.503 e. The van der Waals surface area contributed by atoms with Gasteiger partial charge >= 0.3 is 16.3 Å². The lowest BCUT2D eigenvalue weighted by Gasteiger charge is -2.44. The van der Waals surface area contributed by atoms with Gasteiger partial charge in [0.2, 0.25) is 11.0 Å². The van der Waals surface area contributed by atoms with Crippen LogP contribution >= 0.6 is 11.3 Å². The summed E-state index contributed by atoms with van der Waals surface area (Å²) in [5.74, 6) is -6.59. The number of oxime groups is 1. The van der Waals surface area contributed by atoms with Crippen LogP contribution in [-0.4, -0.2) is 102 Å². The molecule has 1 aromatic carbocycles. The summed E-state index contributed by atoms with van der Waals surface area (Å²) in [7, 11) is -5.18. The summed E-state index contributed by atoms with van der Waals surface area (Å²) in [5, 5.41) is 40.3. The molecule has 1 aliphatic heterocycles. The van der Waals surface area contributed by atoms with E-state index in [1.165, 1.54) is 29.6 Å². The van der Waals surface area contributed by atoms with E-state index in [2.05, 4.69) is 26.1 Å². The number of carbonyl (C=O) groups is 5. The van der Waals surface area contributed by atoms with Gasteiger partial charge in [0.05, 0.1) is 12.2 Å². The lowest BCUT2D eigenvalue weighted by atomic mass is 9.98. The van der Waals surface area contributed by atoms with Gasteiger partial charge in [0, 0.05) is 29.2 Å². The van der Waals surface area contributed by atoms with Crippen LogP contribution in [0.15, 0.2) is 51.9 Å². The van der Waals surface area contributed by atoms with Crippen molar-refractivity contribution in [2.45, 2.75) is 31.5 Å². The predicted molar refractivity (Wildman–Crippen MR) is 166 cm³/mol. The van der Waals surface area contributed by atoms with Crippen molar-refractivity contribution in [1.82, 2.24) is 24.7 Å². The lowest BCUT2D eigenvalue weighted by Crippen LogP contribution is -2.74. The number of carboxylic acid groups (broad SMARTS) is 1. The van der Waals surface area contributed by atoms with E-state index in [0.717, 1.165) is 25.2 Å². The Kier molecular flexibility index (Phi) is 9.91. The molecule has 0 radical (unpaired) electrons. The lowest BCUT2D eigenvalue weighted by molar-refractivity contribution is -0.161. The number of anilines is 2. The first-order valence-electron chi connectivity index (χ1n) is 13.5. The Morgan fingerprint density at radius 2 is 1.86 bits per heavy atom. The minimum absolute atomic E-state index is 0.00415. The number of nitrogen functional groups attached to an aromatic ring is 1. The molecule has 3 aromatic rings. The maximum absolute atomic E-state index is 13.2. The fraction of sp³-hybridized carbons (Fsp3) is 0.231. The molecule has 49 heavy (non-hydrogen) atoms. The molecule has 23 heteroatoms. The summed E-state index contributed by atoms with van der Waals surface area (Å²) >= 11 is 0.889. The van der Waals surface area contributed by atoms with Crippen molar-refractivity contribution in [1.29, 1.82) is 0 Å². The Hall–Kier alpha value is -6.07. The average Bonchev–Trinajstić information content (AvgIpc) is 3.44. The Bertz CT molecular complexity index is 2060. The second-order valence-electron chi connectivity index (χ2n) is 10.5. The van der Waals surface area contributed by atoms with Crippen LogP contribution in [0.5, 0.6) is 5.75 Å². The van der Waals surface area contributed by atoms with Crippen LogP contribution in [0.4, 0.5) is 10.8 Å². The third-order valence-corrected chi connectivity index (χ3v) is 8.28. The molecule has 0 aliphatic carbocycles. The highest BCUT2D eigenvalue weighted by molar-refractivity contribution is 7.84. The van der Waals surface area contributed by atoms with Gasteiger partial charge in [0.1, 0.15) is 17.4 Å². The quantitative estimate of drug-likeness (QED) is 0.0350. The van der Waals surface area contributed by atoms with Gasteiger partial charge in [-0.25, -0.2) is 14.1 Å². The third-order valence-electron chi connectivity index (χ3n) is 6.66. The summed E-state index contributed by atoms with van der Waals surface area (Å²) in [6.07, 6.45) is 0.605. The van der Waals surface area contributed by atoms with Crippen LogP contribution in [0.25, 0.3) is 0 Å². The van der Waals surface area contributed by atoms with Crippen LogP contribution in [-0.2, 0) is 29.5 Å². The van der Waals surface area contributed by atoms with Gasteiger partial charge in [-0.05, 0) is 32.0 Å². The highest BCUT2D eigenvalue weighted by Crippen LogP contribution is 2.24. The zero-order valence-corrected chi connectivity index (χ0v) is 26.7. The summed E-state index contributed by atoms with van der Waals surface area (Å²) in [6, 6.07) is 2.57. The number of nitrogens with one attached hydrogen (secondary N) is 3. The van der Waals surface area contributed by atoms with E-state index in [-0.39, 0.29) is 31.1 Å². The maximum Gasteiger partial charge on any atom is 0.362 e. The SMILES string of the molecule is CC(C)(ON=C(C(=O)N[C@@H]1C(=O)N(S(=O)(=O)O)[C@H]1CNC(=O)c1cccc(NC(=O)c2cc(=O)c(O)cn2O)c1)c1csc(N)n1)C(=O)O. The van der Waals surface area contributed by atoms with Crippen LogP contribution in [0, 0.1) is 0 Å². The van der Waals surface area contributed by atoms with Crippen LogP contribution in [0.3, 0.4) is 0 Å². The minimum atomic E-state index is -5.18. The standard InChI is InChI=1S/C26H26N8O13S2/c1-26(2,24(41)42)47-32-18(13-10-48-25(27)30-13)22(39)31-19-15(34(23(19)40)49(44,45)46)8-28-20(37)11-4-3-5-12(6-11)29-21(38)14-7-16(35)17(36)9-33(14)43/h3-7,9-10,15,19,36,43H,8H2,1-2H3,(H2,27,30)(H,28,37)(H,29,38)(H,31,39)(H,41,42)(H,44,45,46)/t15-,19-/m0/s1. The molecule has 1 fully saturated rings. The number of aromatic nitrogens is 2. The molecule has 21 nitrogen and oxygen atoms in total. The van der Waals surface area contributed by atoms with Crippen molar-refractivity contribution < 1.29 is 57.2 Å². The molecule has 2 atom stereocenters. The minimum Gasteiger partial charge on any atom is -0.503 e. The average molecular weight is 723 g/mol. The number of benzene rings is 1. The van der Waals surface area contributed by atoms with Gasteiger partial charge in [0.25, 0.3) is 23.6 Å². The fourth-order valence-electron chi connectivity index (χ4n) is 4.09. The van der Waals surface area contributed by atoms with Gasteiger partial charge < -0.3 is 41.9 Å². The fourth-order valence-corrected chi connectivity index (χ4v) is 5.51. The number of pyridine rings is 1. The Labute approximate surface area is 278 Å². The number of β-lactam (4-membered cyclic amide) rings is 1. The summed E-state index contributed by atoms with van der Waals surface area (Å²) < 4.78 is 33.8. The first kappa shape index (κ1) is 35.8. The summed E-state index contributed by atoms with van der Waals surface area (Å²) in [4.78, 5) is 83.6. The van der Waals surface area contributed by atoms with Gasteiger partial charge in [0.15, 0.2) is 16.6 Å². The second-order valence-corrected chi connectivity index (χ2v) is 12.7. The normalized spacial score (nSPS) is 16.3. The maximum atomic E-state index is 13.2. The zero-order chi connectivity index (χ0) is 36.4. The highest BCUT2D eigenvalue weighted by atomic mass is 32.2. The van der Waals surface area contributed by atoms with Crippen LogP contribution in [0.1, 0.15) is 40.4 Å². The monoisotopic (exact) mass is 722 g/mol. The van der Waals surface area contributed by atoms with Crippen LogP contribution in [0.2, 0.25) is 0 Å². The smallest absolute Gasteiger partial charge is 0.362 e. The number of nitrogens with two attached hydrogens (primary N) is 1. The van der Waals surface area contributed by atoms with Gasteiger partial charge in [-0.2, -0.15) is 13.1 Å². The second kappa shape index (κ2) is 13.6. The van der Waals surface area contributed by atoms with Crippen molar-refractivity contribution in [3.8, 4) is 5.75 Å². The molecular formula is C26H26N8O13S2. The highest BCUT2D eigenvalue weighted by Gasteiger charge is 2.54. The summed E-state index contributed by atoms with van der Waals surface area (Å²) in [5.41, 5.74) is 1.30. The van der Waals surface area contributed by atoms with Gasteiger partial charge in [-0.3, -0.25) is 28.5 Å². The molecule has 0 unspecified atom stereocenters. The molecule has 0 spiro atoms. The number of hydrogen-bond acceptors (Lipinski definition) is 15. The number of rotatable bonds is 12. The molecule has 2 aromatic heterocycles. The van der Waals surface area contributed by atoms with Crippen molar-refractivity contribution >= 4 is 67.8 Å². The van der Waals surface area contributed by atoms with E-state index in [0.29, 0.717) is 12.3 Å². The number of aromatic hydroxyl groups is 1. The molecule has 4 rings (SSSR count). The van der Waals surface area contributed by atoms with E-state index >= 15 is 0 Å². The molecule has 1 saturated heterocycles. The molecule has 0 bridgehead atoms. The zero-order valence-electron chi connectivity index (χ0n) is 25.0. The Balaban J connectivity index is 1.51. The number of aliphatic carboxylic acids is 1. The molecule has 0 saturated carbocycles. The van der Waals surface area contributed by atoms with Crippen molar-refractivity contribution in [3.05, 3.63) is 69.1 Å². The van der Waals surface area contributed by atoms with E-state index < -0.39 is 86.7 Å². The molecule has 260 valence electrons. The molecular weight excluding hydrogens is 696 g/mol. The number of amides is 4. The number of thiazole rings is 1. The van der Waals surface area contributed by atoms with Gasteiger partial charge in [-0.15, -0.1) is 11.3 Å². The summed E-state index contributed by atoms with van der Waals surface area (Å²) in [6.45, 7) is 1.61. The van der Waals surface area contributed by atoms with Crippen LogP contribution < -0.4 is 27.1 Å². The first-order chi connectivity index (χ1) is 22.8. The number of hydrogen-bond donors (Lipinski definition) is 8. The Morgan fingerprint density at radius 3 is 2.47 bits per heavy atom. The number of nitrogens with zero attached hydrogens (tertiary/aromatic N) is 4. The van der Waals surface area contributed by atoms with E-state index in [1.807, 2.05) is 0 Å². The topological polar surface area (TPSA) is 322 Å². The van der Waals surface area contributed by atoms with Crippen molar-refractivity contribution in [2.75, 3.05) is 17.6 Å². The molecule has 1 aliphatic rings. The number of carbonyl (C=O) groups excluding carboxylic acids is 4. The van der Waals surface area contributed by atoms with E-state index in [4.69, 9.17) is 10.6 Å². The predicted octanol–water partition coefficient (Wildman–Crippen LogP) is -1.41. The molecule has 3 heterocycles. The Morgan fingerprint density at radius 1 is 1.16 bits per heavy atom. The van der Waals surface area contributed by atoms with E-state index in [1.54, 1.807) is 0 Å². The third kappa shape index (κ3) is 7.91. The van der Waals surface area contributed by atoms with Gasteiger partial charge in [-0.1, -0.05) is 11.2 Å².